The van der Waals surface area contributed by atoms with Crippen molar-refractivity contribution in [3.05, 3.63) is 47.8 Å². The van der Waals surface area contributed by atoms with Crippen LogP contribution in [0.25, 0.3) is 0 Å². The molecule has 21 heavy (non-hydrogen) atoms. The summed E-state index contributed by atoms with van der Waals surface area (Å²) in [6.45, 7) is 7.81. The molecule has 1 aromatic heterocycles. The van der Waals surface area contributed by atoms with Gasteiger partial charge in [0, 0.05) is 17.4 Å². The monoisotopic (exact) mass is 284 g/mol. The fourth-order valence-corrected chi connectivity index (χ4v) is 1.72. The molecule has 0 aliphatic rings. The third-order valence-corrected chi connectivity index (χ3v) is 2.68. The first-order valence-electron chi connectivity index (χ1n) is 6.83. The zero-order valence-electron chi connectivity index (χ0n) is 12.8. The lowest BCUT2D eigenvalue weighted by atomic mass is 10.1. The number of aromatic nitrogens is 2. The Hall–Kier alpha value is -2.43. The highest BCUT2D eigenvalue weighted by atomic mass is 16.2. The minimum atomic E-state index is -0.299. The Morgan fingerprint density at radius 3 is 2.38 bits per heavy atom. The largest absolute Gasteiger partial charge is 0.346 e. The quantitative estimate of drug-likeness (QED) is 0.909. The van der Waals surface area contributed by atoms with Crippen molar-refractivity contribution in [1.29, 1.82) is 0 Å². The maximum atomic E-state index is 12.1. The maximum Gasteiger partial charge on any atom is 0.270 e. The normalized spacial score (nSPS) is 11.0. The maximum absolute atomic E-state index is 12.1. The van der Waals surface area contributed by atoms with Crippen LogP contribution in [0.4, 0.5) is 11.6 Å². The van der Waals surface area contributed by atoms with E-state index in [1.165, 1.54) is 5.56 Å². The molecule has 5 heteroatoms. The Morgan fingerprint density at radius 1 is 1.10 bits per heavy atom. The Bertz CT molecular complexity index is 629. The van der Waals surface area contributed by atoms with Crippen molar-refractivity contribution in [1.82, 2.24) is 15.3 Å². The Kier molecular flexibility index (Phi) is 4.21. The predicted octanol–water partition coefficient (Wildman–Crippen LogP) is 3.06. The van der Waals surface area contributed by atoms with Crippen LogP contribution in [-0.4, -0.2) is 21.4 Å². The molecule has 2 aromatic rings. The van der Waals surface area contributed by atoms with Gasteiger partial charge in [-0.3, -0.25) is 4.79 Å². The van der Waals surface area contributed by atoms with Crippen LogP contribution >= 0.6 is 0 Å². The van der Waals surface area contributed by atoms with E-state index in [-0.39, 0.29) is 11.4 Å². The van der Waals surface area contributed by atoms with Crippen molar-refractivity contribution in [2.45, 2.75) is 33.2 Å². The van der Waals surface area contributed by atoms with E-state index in [1.807, 2.05) is 52.0 Å². The molecule has 0 radical (unpaired) electrons. The standard InChI is InChI=1S/C16H20N4O/c1-11-5-7-12(8-6-11)18-15-17-10-9-13(19-15)14(21)20-16(2,3)4/h5-10H,1-4H3,(H,20,21)(H,17,18,19). The van der Waals surface area contributed by atoms with E-state index in [0.29, 0.717) is 11.6 Å². The van der Waals surface area contributed by atoms with E-state index in [0.717, 1.165) is 5.69 Å². The van der Waals surface area contributed by atoms with E-state index in [1.54, 1.807) is 12.3 Å². The molecule has 0 aliphatic carbocycles. The zero-order chi connectivity index (χ0) is 15.5. The molecule has 5 nitrogen and oxygen atoms in total. The molecule has 0 fully saturated rings. The summed E-state index contributed by atoms with van der Waals surface area (Å²) in [6.07, 6.45) is 1.57. The lowest BCUT2D eigenvalue weighted by Gasteiger charge is -2.20. The van der Waals surface area contributed by atoms with Crippen LogP contribution in [0.5, 0.6) is 0 Å². The molecule has 0 atom stereocenters. The third-order valence-electron chi connectivity index (χ3n) is 2.68. The third kappa shape index (κ3) is 4.56. The smallest absolute Gasteiger partial charge is 0.270 e. The molecule has 110 valence electrons. The van der Waals surface area contributed by atoms with Crippen LogP contribution < -0.4 is 10.6 Å². The SMILES string of the molecule is Cc1ccc(Nc2nccc(C(=O)NC(C)(C)C)n2)cc1. The second-order valence-corrected chi connectivity index (χ2v) is 5.96. The van der Waals surface area contributed by atoms with Gasteiger partial charge < -0.3 is 10.6 Å². The number of rotatable bonds is 3. The van der Waals surface area contributed by atoms with Gasteiger partial charge in [0.1, 0.15) is 5.69 Å². The van der Waals surface area contributed by atoms with Crippen LogP contribution in [0.3, 0.4) is 0 Å². The molecule has 0 aliphatic heterocycles. The molecule has 1 amide bonds. The minimum absolute atomic E-state index is 0.211. The summed E-state index contributed by atoms with van der Waals surface area (Å²) in [5.41, 5.74) is 2.11. The molecular weight excluding hydrogens is 264 g/mol. The summed E-state index contributed by atoms with van der Waals surface area (Å²) < 4.78 is 0. The van der Waals surface area contributed by atoms with Gasteiger partial charge in [0.15, 0.2) is 0 Å². The van der Waals surface area contributed by atoms with E-state index < -0.39 is 0 Å². The molecule has 1 aromatic carbocycles. The first-order valence-corrected chi connectivity index (χ1v) is 6.83. The number of hydrogen-bond acceptors (Lipinski definition) is 4. The van der Waals surface area contributed by atoms with Gasteiger partial charge in [-0.2, -0.15) is 0 Å². The van der Waals surface area contributed by atoms with Gasteiger partial charge in [-0.05, 0) is 45.9 Å². The van der Waals surface area contributed by atoms with Gasteiger partial charge in [0.25, 0.3) is 5.91 Å². The van der Waals surface area contributed by atoms with E-state index in [4.69, 9.17) is 0 Å². The fraction of sp³-hybridized carbons (Fsp3) is 0.312. The van der Waals surface area contributed by atoms with E-state index >= 15 is 0 Å². The van der Waals surface area contributed by atoms with Crippen molar-refractivity contribution in [3.8, 4) is 0 Å². The highest BCUT2D eigenvalue weighted by Crippen LogP contribution is 2.13. The Morgan fingerprint density at radius 2 is 1.76 bits per heavy atom. The molecule has 0 unspecified atom stereocenters. The van der Waals surface area contributed by atoms with Crippen LogP contribution in [0.15, 0.2) is 36.5 Å². The van der Waals surface area contributed by atoms with Gasteiger partial charge >= 0.3 is 0 Å². The average molecular weight is 284 g/mol. The number of hydrogen-bond donors (Lipinski definition) is 2. The summed E-state index contributed by atoms with van der Waals surface area (Å²) in [7, 11) is 0. The number of carbonyl (C=O) groups is 1. The summed E-state index contributed by atoms with van der Waals surface area (Å²) in [5.74, 6) is 0.192. The topological polar surface area (TPSA) is 66.9 Å². The Labute approximate surface area is 124 Å². The van der Waals surface area contributed by atoms with E-state index in [2.05, 4.69) is 20.6 Å². The van der Waals surface area contributed by atoms with Crippen LogP contribution in [-0.2, 0) is 0 Å². The second-order valence-electron chi connectivity index (χ2n) is 5.96. The van der Waals surface area contributed by atoms with Crippen molar-refractivity contribution >= 4 is 17.5 Å². The number of nitrogens with zero attached hydrogens (tertiary/aromatic N) is 2. The molecule has 0 spiro atoms. The first-order chi connectivity index (χ1) is 9.83. The molecular formula is C16H20N4O. The van der Waals surface area contributed by atoms with Gasteiger partial charge in [0.2, 0.25) is 5.95 Å². The number of anilines is 2. The van der Waals surface area contributed by atoms with E-state index in [9.17, 15) is 4.79 Å². The molecule has 2 N–H and O–H groups in total. The van der Waals surface area contributed by atoms with Crippen molar-refractivity contribution < 1.29 is 4.79 Å². The van der Waals surface area contributed by atoms with Crippen molar-refractivity contribution in [3.63, 3.8) is 0 Å². The summed E-state index contributed by atoms with van der Waals surface area (Å²) >= 11 is 0. The average Bonchev–Trinajstić information content (AvgIpc) is 2.40. The first kappa shape index (κ1) is 15.0. The van der Waals surface area contributed by atoms with Crippen LogP contribution in [0.2, 0.25) is 0 Å². The summed E-state index contributed by atoms with van der Waals surface area (Å²) in [6, 6.07) is 9.49. The van der Waals surface area contributed by atoms with Crippen LogP contribution in [0.1, 0.15) is 36.8 Å². The number of amides is 1. The molecule has 2 rings (SSSR count). The highest BCUT2D eigenvalue weighted by Gasteiger charge is 2.16. The number of nitrogens with one attached hydrogen (secondary N) is 2. The van der Waals surface area contributed by atoms with Crippen molar-refractivity contribution in [2.24, 2.45) is 0 Å². The molecule has 0 bridgehead atoms. The predicted molar refractivity (Wildman–Crippen MR) is 83.7 cm³/mol. The lowest BCUT2D eigenvalue weighted by Crippen LogP contribution is -2.41. The van der Waals surface area contributed by atoms with Gasteiger partial charge in [-0.1, -0.05) is 17.7 Å². The van der Waals surface area contributed by atoms with Gasteiger partial charge in [0.05, 0.1) is 0 Å². The fourth-order valence-electron chi connectivity index (χ4n) is 1.72. The minimum Gasteiger partial charge on any atom is -0.346 e. The second kappa shape index (κ2) is 5.91. The van der Waals surface area contributed by atoms with Gasteiger partial charge in [-0.15, -0.1) is 0 Å². The van der Waals surface area contributed by atoms with Crippen LogP contribution in [0, 0.1) is 6.92 Å². The number of benzene rings is 1. The number of aryl methyl sites for hydroxylation is 1. The molecule has 0 saturated heterocycles. The highest BCUT2D eigenvalue weighted by molar-refractivity contribution is 5.92. The molecule has 0 saturated carbocycles. The zero-order valence-corrected chi connectivity index (χ0v) is 12.8. The van der Waals surface area contributed by atoms with Crippen molar-refractivity contribution in [2.75, 3.05) is 5.32 Å². The summed E-state index contributed by atoms with van der Waals surface area (Å²) in [4.78, 5) is 20.5. The number of carbonyl (C=O) groups excluding carboxylic acids is 1. The summed E-state index contributed by atoms with van der Waals surface area (Å²) in [5, 5.41) is 5.96. The molecule has 1 heterocycles. The lowest BCUT2D eigenvalue weighted by molar-refractivity contribution is 0.0914. The van der Waals surface area contributed by atoms with Gasteiger partial charge in [-0.25, -0.2) is 9.97 Å². The Balaban J connectivity index is 2.14.